The van der Waals surface area contributed by atoms with Crippen molar-refractivity contribution in [2.75, 3.05) is 18.5 Å². The van der Waals surface area contributed by atoms with Gasteiger partial charge in [0.15, 0.2) is 10.8 Å². The zero-order valence-electron chi connectivity index (χ0n) is 13.0. The molecule has 0 aliphatic carbocycles. The molecule has 1 aromatic carbocycles. The number of nitrogens with zero attached hydrogens (tertiary/aromatic N) is 3. The molecule has 7 heteroatoms. The predicted octanol–water partition coefficient (Wildman–Crippen LogP) is 3.01. The van der Waals surface area contributed by atoms with E-state index in [9.17, 15) is 5.11 Å². The van der Waals surface area contributed by atoms with Gasteiger partial charge in [-0.1, -0.05) is 17.4 Å². The van der Waals surface area contributed by atoms with E-state index in [-0.39, 0.29) is 5.75 Å². The molecule has 1 saturated heterocycles. The predicted molar refractivity (Wildman–Crippen MR) is 90.7 cm³/mol. The molecule has 1 aliphatic heterocycles. The molecule has 120 valence electrons. The summed E-state index contributed by atoms with van der Waals surface area (Å²) in [4.78, 5) is 4.54. The lowest BCUT2D eigenvalue weighted by molar-refractivity contribution is 0.195. The maximum absolute atomic E-state index is 10.2. The quantitative estimate of drug-likeness (QED) is 0.772. The molecule has 1 fully saturated rings. The van der Waals surface area contributed by atoms with Crippen LogP contribution >= 0.6 is 11.3 Å². The van der Waals surface area contributed by atoms with Crippen LogP contribution in [0.1, 0.15) is 17.5 Å². The van der Waals surface area contributed by atoms with Gasteiger partial charge in [-0.25, -0.2) is 4.68 Å². The summed E-state index contributed by atoms with van der Waals surface area (Å²) in [5, 5.41) is 19.0. The molecular weight excluding hydrogens is 312 g/mol. The SMILES string of the molecule is Cc1cc(C)c(-n2cc3sc(N[C@@H]4CCOC4)nc3n2)c(O)c1. The van der Waals surface area contributed by atoms with E-state index in [0.717, 1.165) is 40.6 Å². The number of thiazole rings is 1. The average Bonchev–Trinajstić information content (AvgIpc) is 3.14. The van der Waals surface area contributed by atoms with E-state index >= 15 is 0 Å². The highest BCUT2D eigenvalue weighted by Gasteiger charge is 2.18. The molecule has 4 rings (SSSR count). The number of rotatable bonds is 3. The minimum Gasteiger partial charge on any atom is -0.506 e. The fourth-order valence-electron chi connectivity index (χ4n) is 2.96. The summed E-state index contributed by atoms with van der Waals surface area (Å²) >= 11 is 1.57. The Morgan fingerprint density at radius 1 is 1.39 bits per heavy atom. The molecule has 6 nitrogen and oxygen atoms in total. The summed E-state index contributed by atoms with van der Waals surface area (Å²) in [5.41, 5.74) is 3.41. The Balaban J connectivity index is 1.66. The second kappa shape index (κ2) is 5.50. The maximum Gasteiger partial charge on any atom is 0.194 e. The van der Waals surface area contributed by atoms with Crippen LogP contribution < -0.4 is 5.32 Å². The second-order valence-corrected chi connectivity index (χ2v) is 6.97. The highest BCUT2D eigenvalue weighted by atomic mass is 32.1. The first kappa shape index (κ1) is 14.5. The van der Waals surface area contributed by atoms with Gasteiger partial charge in [-0.2, -0.15) is 4.98 Å². The Morgan fingerprint density at radius 2 is 2.26 bits per heavy atom. The summed E-state index contributed by atoms with van der Waals surface area (Å²) in [7, 11) is 0. The third-order valence-corrected chi connectivity index (χ3v) is 4.90. The minimum absolute atomic E-state index is 0.235. The highest BCUT2D eigenvalue weighted by molar-refractivity contribution is 7.22. The van der Waals surface area contributed by atoms with Gasteiger partial charge in [-0.15, -0.1) is 5.10 Å². The van der Waals surface area contributed by atoms with Crippen molar-refractivity contribution in [3.8, 4) is 11.4 Å². The molecule has 0 spiro atoms. The zero-order valence-corrected chi connectivity index (χ0v) is 13.9. The fraction of sp³-hybridized carbons (Fsp3) is 0.375. The van der Waals surface area contributed by atoms with Crippen molar-refractivity contribution in [2.45, 2.75) is 26.3 Å². The number of nitrogens with one attached hydrogen (secondary N) is 1. The first-order valence-electron chi connectivity index (χ1n) is 7.61. The number of anilines is 1. The van der Waals surface area contributed by atoms with E-state index < -0.39 is 0 Å². The molecule has 3 aromatic rings. The number of benzene rings is 1. The number of hydrogen-bond acceptors (Lipinski definition) is 6. The molecule has 1 atom stereocenters. The normalized spacial score (nSPS) is 17.9. The van der Waals surface area contributed by atoms with Gasteiger partial charge in [0, 0.05) is 6.61 Å². The van der Waals surface area contributed by atoms with Gasteiger partial charge in [0.2, 0.25) is 0 Å². The van der Waals surface area contributed by atoms with Gasteiger partial charge in [-0.3, -0.25) is 0 Å². The first-order valence-corrected chi connectivity index (χ1v) is 8.43. The standard InChI is InChI=1S/C16H18N4O2S/c1-9-5-10(2)14(12(21)6-9)20-7-13-15(19-20)18-16(23-13)17-11-3-4-22-8-11/h5-7,11,21H,3-4,8H2,1-2H3,(H,17,18,19)/t11-/m1/s1. The molecule has 3 heterocycles. The molecule has 2 aromatic heterocycles. The largest absolute Gasteiger partial charge is 0.506 e. The molecule has 2 N–H and O–H groups in total. The molecule has 0 amide bonds. The lowest BCUT2D eigenvalue weighted by atomic mass is 10.1. The maximum atomic E-state index is 10.2. The van der Waals surface area contributed by atoms with Crippen LogP contribution in [0.15, 0.2) is 18.3 Å². The van der Waals surface area contributed by atoms with Crippen LogP contribution in [0.25, 0.3) is 16.0 Å². The van der Waals surface area contributed by atoms with E-state index in [0.29, 0.717) is 17.4 Å². The Morgan fingerprint density at radius 3 is 2.96 bits per heavy atom. The van der Waals surface area contributed by atoms with Crippen molar-refractivity contribution in [3.63, 3.8) is 0 Å². The molecule has 0 radical (unpaired) electrons. The van der Waals surface area contributed by atoms with Crippen LogP contribution in [0, 0.1) is 13.8 Å². The Labute approximate surface area is 137 Å². The summed E-state index contributed by atoms with van der Waals surface area (Å²) in [6.07, 6.45) is 2.92. The average molecular weight is 330 g/mol. The number of fused-ring (bicyclic) bond motifs is 1. The number of aromatic nitrogens is 3. The molecule has 1 aliphatic rings. The second-order valence-electron chi connectivity index (χ2n) is 5.93. The van der Waals surface area contributed by atoms with E-state index in [1.54, 1.807) is 22.1 Å². The monoisotopic (exact) mass is 330 g/mol. The third-order valence-electron chi connectivity index (χ3n) is 3.99. The summed E-state index contributed by atoms with van der Waals surface area (Å²) in [6.45, 7) is 5.47. The number of ether oxygens (including phenoxy) is 1. The minimum atomic E-state index is 0.235. The van der Waals surface area contributed by atoms with Crippen LogP contribution in [-0.4, -0.2) is 39.1 Å². The number of phenols is 1. The van der Waals surface area contributed by atoms with Crippen molar-refractivity contribution in [1.29, 1.82) is 0 Å². The van der Waals surface area contributed by atoms with Crippen LogP contribution in [0.2, 0.25) is 0 Å². The highest BCUT2D eigenvalue weighted by Crippen LogP contribution is 2.31. The van der Waals surface area contributed by atoms with Crippen LogP contribution in [0.5, 0.6) is 5.75 Å². The zero-order chi connectivity index (χ0) is 16.0. The van der Waals surface area contributed by atoms with Gasteiger partial charge in [0.05, 0.1) is 23.5 Å². The fourth-order valence-corrected chi connectivity index (χ4v) is 3.85. The molecule has 0 unspecified atom stereocenters. The van der Waals surface area contributed by atoms with E-state index in [1.165, 1.54) is 0 Å². The van der Waals surface area contributed by atoms with E-state index in [1.807, 2.05) is 26.1 Å². The van der Waals surface area contributed by atoms with Crippen LogP contribution in [-0.2, 0) is 4.74 Å². The van der Waals surface area contributed by atoms with E-state index in [4.69, 9.17) is 4.74 Å². The molecule has 0 saturated carbocycles. The molecular formula is C16H18N4O2S. The number of phenolic OH excluding ortho intramolecular Hbond substituents is 1. The number of aromatic hydroxyl groups is 1. The molecule has 23 heavy (non-hydrogen) atoms. The number of aryl methyl sites for hydroxylation is 2. The summed E-state index contributed by atoms with van der Waals surface area (Å²) < 4.78 is 8.07. The van der Waals surface area contributed by atoms with Gasteiger partial charge in [-0.05, 0) is 37.5 Å². The van der Waals surface area contributed by atoms with Crippen molar-refractivity contribution in [1.82, 2.24) is 14.8 Å². The Bertz CT molecular complexity index is 810. The van der Waals surface area contributed by atoms with Crippen LogP contribution in [0.4, 0.5) is 5.13 Å². The van der Waals surface area contributed by atoms with Crippen molar-refractivity contribution in [2.24, 2.45) is 0 Å². The number of hydrogen-bond donors (Lipinski definition) is 2. The first-order chi connectivity index (χ1) is 11.1. The van der Waals surface area contributed by atoms with E-state index in [2.05, 4.69) is 15.4 Å². The summed E-state index contributed by atoms with van der Waals surface area (Å²) in [5.74, 6) is 0.235. The topological polar surface area (TPSA) is 72.2 Å². The van der Waals surface area contributed by atoms with Crippen molar-refractivity contribution >= 4 is 26.8 Å². The van der Waals surface area contributed by atoms with Gasteiger partial charge in [0.25, 0.3) is 0 Å². The van der Waals surface area contributed by atoms with Gasteiger partial charge in [0.1, 0.15) is 11.4 Å². The van der Waals surface area contributed by atoms with Crippen molar-refractivity contribution in [3.05, 3.63) is 29.5 Å². The Hall–Kier alpha value is -2.12. The summed E-state index contributed by atoms with van der Waals surface area (Å²) in [6, 6.07) is 4.12. The lowest BCUT2D eigenvalue weighted by Gasteiger charge is -2.09. The van der Waals surface area contributed by atoms with Crippen molar-refractivity contribution < 1.29 is 9.84 Å². The van der Waals surface area contributed by atoms with Gasteiger partial charge >= 0.3 is 0 Å². The van der Waals surface area contributed by atoms with Gasteiger partial charge < -0.3 is 15.2 Å². The third kappa shape index (κ3) is 2.66. The lowest BCUT2D eigenvalue weighted by Crippen LogP contribution is -2.18. The molecule has 0 bridgehead atoms. The Kier molecular flexibility index (Phi) is 3.46. The van der Waals surface area contributed by atoms with Crippen LogP contribution in [0.3, 0.4) is 0 Å². The smallest absolute Gasteiger partial charge is 0.194 e.